The average Bonchev–Trinajstić information content (AvgIpc) is 2.50. The molecule has 0 amide bonds. The summed E-state index contributed by atoms with van der Waals surface area (Å²) >= 11 is 0. The number of nitrogens with two attached hydrogens (primary N) is 1. The molecule has 0 spiro atoms. The number of hydrogen-bond acceptors (Lipinski definition) is 4. The minimum Gasteiger partial charge on any atom is -0.395 e. The van der Waals surface area contributed by atoms with Crippen LogP contribution in [-0.4, -0.2) is 72.8 Å². The van der Waals surface area contributed by atoms with Gasteiger partial charge in [0, 0.05) is 26.2 Å². The normalized spacial score (nSPS) is 21.1. The predicted molar refractivity (Wildman–Crippen MR) is 66.0 cm³/mol. The van der Waals surface area contributed by atoms with Crippen LogP contribution in [-0.2, 0) is 0 Å². The Bertz CT molecular complexity index is 298. The highest BCUT2D eigenvalue weighted by Crippen LogP contribution is 2.27. The lowest BCUT2D eigenvalue weighted by molar-refractivity contribution is -0.159. The van der Waals surface area contributed by atoms with E-state index in [4.69, 9.17) is 16.2 Å². The quantitative estimate of drug-likeness (QED) is 0.494. The Morgan fingerprint density at radius 2 is 1.79 bits per heavy atom. The summed E-state index contributed by atoms with van der Waals surface area (Å²) in [7, 11) is 0. The molecule has 5 nitrogen and oxygen atoms in total. The van der Waals surface area contributed by atoms with E-state index in [9.17, 15) is 13.2 Å². The first kappa shape index (κ1) is 16.2. The van der Waals surface area contributed by atoms with E-state index in [1.807, 2.05) is 4.90 Å². The molecule has 0 bridgehead atoms. The van der Waals surface area contributed by atoms with E-state index >= 15 is 0 Å². The maximum Gasteiger partial charge on any atom is 0.399 e. The molecule has 0 aromatic carbocycles. The van der Waals surface area contributed by atoms with E-state index in [0.29, 0.717) is 26.2 Å². The number of nitrogens with zero attached hydrogens (tertiary/aromatic N) is 2. The maximum absolute atomic E-state index is 12.7. The van der Waals surface area contributed by atoms with E-state index in [0.717, 1.165) is 13.0 Å². The van der Waals surface area contributed by atoms with Crippen LogP contribution in [0, 0.1) is 11.3 Å². The second-order valence-electron chi connectivity index (χ2n) is 4.77. The van der Waals surface area contributed by atoms with Gasteiger partial charge in [0.2, 0.25) is 0 Å². The summed E-state index contributed by atoms with van der Waals surface area (Å²) in [5.74, 6) is -2.72. The molecule has 1 aliphatic rings. The molecule has 1 atom stereocenters. The third-order valence-corrected chi connectivity index (χ3v) is 3.31. The van der Waals surface area contributed by atoms with Crippen LogP contribution in [0.25, 0.3) is 0 Å². The largest absolute Gasteiger partial charge is 0.399 e. The van der Waals surface area contributed by atoms with Crippen LogP contribution in [0.1, 0.15) is 6.42 Å². The number of aliphatic hydroxyl groups excluding tert-OH is 1. The lowest BCUT2D eigenvalue weighted by Crippen LogP contribution is -2.45. The molecule has 8 heteroatoms. The SMILES string of the molecule is N=C(N)C(CN1CCCN(CCO)CC1)C(F)(F)F. The zero-order valence-corrected chi connectivity index (χ0v) is 10.8. The molecule has 1 saturated heterocycles. The number of aliphatic hydroxyl groups is 1. The number of halogens is 3. The number of nitrogens with one attached hydrogen (secondary N) is 1. The van der Waals surface area contributed by atoms with Gasteiger partial charge in [0.15, 0.2) is 0 Å². The molecular weight excluding hydrogens is 261 g/mol. The molecule has 1 rings (SSSR count). The van der Waals surface area contributed by atoms with Gasteiger partial charge in [0.1, 0.15) is 11.8 Å². The zero-order chi connectivity index (χ0) is 14.5. The summed E-state index contributed by atoms with van der Waals surface area (Å²) in [6.07, 6.45) is -3.72. The number of amidine groups is 1. The minimum atomic E-state index is -4.47. The predicted octanol–water partition coefficient (Wildman–Crippen LogP) is 0.101. The molecule has 112 valence electrons. The molecule has 0 aliphatic carbocycles. The average molecular weight is 282 g/mol. The van der Waals surface area contributed by atoms with Crippen LogP contribution in [0.15, 0.2) is 0 Å². The summed E-state index contributed by atoms with van der Waals surface area (Å²) < 4.78 is 38.2. The molecular formula is C11H21F3N4O. The second-order valence-corrected chi connectivity index (χ2v) is 4.77. The highest BCUT2D eigenvalue weighted by Gasteiger charge is 2.42. The van der Waals surface area contributed by atoms with Crippen LogP contribution in [0.2, 0.25) is 0 Å². The molecule has 0 radical (unpaired) electrons. The van der Waals surface area contributed by atoms with Gasteiger partial charge in [-0.3, -0.25) is 10.3 Å². The van der Waals surface area contributed by atoms with Gasteiger partial charge >= 0.3 is 6.18 Å². The summed E-state index contributed by atoms with van der Waals surface area (Å²) in [5, 5.41) is 15.9. The van der Waals surface area contributed by atoms with E-state index in [2.05, 4.69) is 0 Å². The first-order valence-electron chi connectivity index (χ1n) is 6.30. The molecule has 1 fully saturated rings. The molecule has 1 aliphatic heterocycles. The van der Waals surface area contributed by atoms with Crippen molar-refractivity contribution in [3.63, 3.8) is 0 Å². The van der Waals surface area contributed by atoms with Crippen molar-refractivity contribution >= 4 is 5.84 Å². The van der Waals surface area contributed by atoms with Crippen molar-refractivity contribution in [3.05, 3.63) is 0 Å². The molecule has 0 aromatic heterocycles. The minimum absolute atomic E-state index is 0.0542. The van der Waals surface area contributed by atoms with Gasteiger partial charge in [0.05, 0.1) is 6.61 Å². The van der Waals surface area contributed by atoms with Crippen LogP contribution >= 0.6 is 0 Å². The van der Waals surface area contributed by atoms with E-state index in [1.54, 1.807) is 4.90 Å². The summed E-state index contributed by atoms with van der Waals surface area (Å²) in [5.41, 5.74) is 5.05. The van der Waals surface area contributed by atoms with Crippen LogP contribution in [0.4, 0.5) is 13.2 Å². The van der Waals surface area contributed by atoms with Crippen molar-refractivity contribution in [2.45, 2.75) is 12.6 Å². The lowest BCUT2D eigenvalue weighted by Gasteiger charge is -2.27. The van der Waals surface area contributed by atoms with E-state index < -0.39 is 17.9 Å². The third kappa shape index (κ3) is 5.33. The van der Waals surface area contributed by atoms with Crippen molar-refractivity contribution in [1.29, 1.82) is 5.41 Å². The Morgan fingerprint density at radius 1 is 1.21 bits per heavy atom. The Kier molecular flexibility index (Phi) is 6.02. The number of alkyl halides is 3. The van der Waals surface area contributed by atoms with Gasteiger partial charge in [-0.2, -0.15) is 13.2 Å². The fourth-order valence-corrected chi connectivity index (χ4v) is 2.21. The zero-order valence-electron chi connectivity index (χ0n) is 10.8. The Balaban J connectivity index is 2.54. The molecule has 1 unspecified atom stereocenters. The van der Waals surface area contributed by atoms with Gasteiger partial charge in [0.25, 0.3) is 0 Å². The molecule has 0 aromatic rings. The Morgan fingerprint density at radius 3 is 2.32 bits per heavy atom. The highest BCUT2D eigenvalue weighted by atomic mass is 19.4. The van der Waals surface area contributed by atoms with Gasteiger partial charge in [-0.25, -0.2) is 0 Å². The monoisotopic (exact) mass is 282 g/mol. The number of rotatable bonds is 5. The first-order chi connectivity index (χ1) is 8.84. The smallest absolute Gasteiger partial charge is 0.395 e. The third-order valence-electron chi connectivity index (χ3n) is 3.31. The standard InChI is InChI=1S/C11H21F3N4O/c12-11(13,14)9(10(15)16)8-18-3-1-2-17(4-5-18)6-7-19/h9,19H,1-8H2,(H3,15,16). The van der Waals surface area contributed by atoms with Crippen molar-refractivity contribution in [2.75, 3.05) is 45.9 Å². The summed E-state index contributed by atoms with van der Waals surface area (Å²) in [6.45, 7) is 2.80. The van der Waals surface area contributed by atoms with E-state index in [-0.39, 0.29) is 13.2 Å². The highest BCUT2D eigenvalue weighted by molar-refractivity contribution is 5.80. The fraction of sp³-hybridized carbons (Fsp3) is 0.909. The van der Waals surface area contributed by atoms with Gasteiger partial charge in [-0.1, -0.05) is 0 Å². The summed E-state index contributed by atoms with van der Waals surface area (Å²) in [4.78, 5) is 3.72. The van der Waals surface area contributed by atoms with Crippen molar-refractivity contribution < 1.29 is 18.3 Å². The topological polar surface area (TPSA) is 76.6 Å². The lowest BCUT2D eigenvalue weighted by atomic mass is 10.1. The first-order valence-corrected chi connectivity index (χ1v) is 6.30. The van der Waals surface area contributed by atoms with Gasteiger partial charge in [-0.05, 0) is 19.5 Å². The second kappa shape index (κ2) is 7.06. The fourth-order valence-electron chi connectivity index (χ4n) is 2.21. The van der Waals surface area contributed by atoms with Gasteiger partial charge < -0.3 is 15.7 Å². The molecule has 19 heavy (non-hydrogen) atoms. The Hall–Kier alpha value is -0.860. The molecule has 4 N–H and O–H groups in total. The number of hydrogen-bond donors (Lipinski definition) is 3. The maximum atomic E-state index is 12.7. The Labute approximate surface area is 110 Å². The van der Waals surface area contributed by atoms with Crippen LogP contribution in [0.5, 0.6) is 0 Å². The number of β-amino-alcohol motifs (C(OH)–C–C–N with tert-alkyl or cyclic N) is 1. The van der Waals surface area contributed by atoms with Crippen molar-refractivity contribution in [3.8, 4) is 0 Å². The molecule has 1 heterocycles. The molecule has 0 saturated carbocycles. The van der Waals surface area contributed by atoms with Crippen molar-refractivity contribution in [2.24, 2.45) is 11.7 Å². The van der Waals surface area contributed by atoms with Crippen LogP contribution in [0.3, 0.4) is 0 Å². The van der Waals surface area contributed by atoms with Gasteiger partial charge in [-0.15, -0.1) is 0 Å². The van der Waals surface area contributed by atoms with Crippen molar-refractivity contribution in [1.82, 2.24) is 9.80 Å². The van der Waals surface area contributed by atoms with Crippen LogP contribution < -0.4 is 5.73 Å². The summed E-state index contributed by atoms with van der Waals surface area (Å²) in [6, 6.07) is 0. The van der Waals surface area contributed by atoms with E-state index in [1.165, 1.54) is 0 Å².